The smallest absolute Gasteiger partial charge is 0.166 e. The van der Waals surface area contributed by atoms with Gasteiger partial charge in [0.2, 0.25) is 0 Å². The molecule has 0 amide bonds. The van der Waals surface area contributed by atoms with E-state index in [1.165, 1.54) is 0 Å². The Bertz CT molecular complexity index is 414. The minimum atomic E-state index is -0.0333. The van der Waals surface area contributed by atoms with Crippen molar-refractivity contribution in [3.8, 4) is 5.75 Å². The highest BCUT2D eigenvalue weighted by molar-refractivity contribution is 9.10. The summed E-state index contributed by atoms with van der Waals surface area (Å²) in [6.45, 7) is 1.01. The summed E-state index contributed by atoms with van der Waals surface area (Å²) in [6, 6.07) is 7.69. The van der Waals surface area contributed by atoms with Crippen LogP contribution in [-0.2, 0) is 4.84 Å². The summed E-state index contributed by atoms with van der Waals surface area (Å²) >= 11 is 8.79. The molecule has 4 nitrogen and oxygen atoms in total. The van der Waals surface area contributed by atoms with Gasteiger partial charge in [-0.25, -0.2) is 4.84 Å². The molecule has 0 aromatic heterocycles. The summed E-state index contributed by atoms with van der Waals surface area (Å²) in [5, 5.41) is 3.92. The summed E-state index contributed by atoms with van der Waals surface area (Å²) in [6.07, 6.45) is 0.710. The van der Waals surface area contributed by atoms with Crippen molar-refractivity contribution in [2.75, 3.05) is 13.2 Å². The van der Waals surface area contributed by atoms with E-state index in [-0.39, 0.29) is 6.10 Å². The molecule has 6 heteroatoms. The Morgan fingerprint density at radius 3 is 3.24 bits per heavy atom. The molecule has 1 aromatic rings. The third-order valence-corrected chi connectivity index (χ3v) is 2.92. The molecule has 17 heavy (non-hydrogen) atoms. The molecule has 0 fully saturated rings. The van der Waals surface area contributed by atoms with Gasteiger partial charge >= 0.3 is 0 Å². The predicted molar refractivity (Wildman–Crippen MR) is 70.4 cm³/mol. The lowest BCUT2D eigenvalue weighted by Gasteiger charge is -2.10. The number of nitrogens with one attached hydrogen (secondary N) is 1. The average molecular weight is 320 g/mol. The Hall–Kier alpha value is -0.780. The summed E-state index contributed by atoms with van der Waals surface area (Å²) < 4.78 is 6.61. The summed E-state index contributed by atoms with van der Waals surface area (Å²) in [5.41, 5.74) is 0.905. The first kappa shape index (κ1) is 12.7. The highest BCUT2D eigenvalue weighted by atomic mass is 79.9. The van der Waals surface area contributed by atoms with E-state index >= 15 is 0 Å². The third kappa shape index (κ3) is 3.87. The first-order valence-corrected chi connectivity index (χ1v) is 6.38. The van der Waals surface area contributed by atoms with Gasteiger partial charge in [-0.15, -0.1) is 0 Å². The Morgan fingerprint density at radius 2 is 2.47 bits per heavy atom. The van der Waals surface area contributed by atoms with Crippen molar-refractivity contribution in [2.45, 2.75) is 12.5 Å². The second kappa shape index (κ2) is 6.23. The van der Waals surface area contributed by atoms with Gasteiger partial charge in [-0.2, -0.15) is 0 Å². The molecule has 0 radical (unpaired) electrons. The zero-order valence-electron chi connectivity index (χ0n) is 9.03. The van der Waals surface area contributed by atoms with Crippen molar-refractivity contribution in [3.05, 3.63) is 28.7 Å². The maximum atomic E-state index is 5.62. The van der Waals surface area contributed by atoms with E-state index in [9.17, 15) is 0 Å². The second-order valence-electron chi connectivity index (χ2n) is 3.67. The van der Waals surface area contributed by atoms with Crippen LogP contribution in [0, 0.1) is 0 Å². The standard InChI is InChI=1S/C11H12BrClN2O2/c12-8-2-1-3-10(4-8)16-7-11-5-9(6-14-13)15-17-11/h1-4,11,14H,5-7H2. The first-order valence-electron chi connectivity index (χ1n) is 5.21. The normalized spacial score (nSPS) is 18.7. The Morgan fingerprint density at radius 1 is 1.59 bits per heavy atom. The van der Waals surface area contributed by atoms with Crippen molar-refractivity contribution in [1.29, 1.82) is 0 Å². The fourth-order valence-electron chi connectivity index (χ4n) is 1.50. The van der Waals surface area contributed by atoms with Crippen LogP contribution in [0.1, 0.15) is 6.42 Å². The first-order chi connectivity index (χ1) is 8.28. The number of hydrogen-bond acceptors (Lipinski definition) is 4. The maximum Gasteiger partial charge on any atom is 0.166 e. The zero-order valence-corrected chi connectivity index (χ0v) is 11.4. The topological polar surface area (TPSA) is 42.9 Å². The molecule has 2 rings (SSSR count). The highest BCUT2D eigenvalue weighted by Gasteiger charge is 2.21. The number of hydrogen-bond donors (Lipinski definition) is 1. The summed E-state index contributed by atoms with van der Waals surface area (Å²) in [5.74, 6) is 0.812. The molecular formula is C11H12BrClN2O2. The highest BCUT2D eigenvalue weighted by Crippen LogP contribution is 2.19. The number of halogens is 2. The largest absolute Gasteiger partial charge is 0.490 e. The molecule has 1 unspecified atom stereocenters. The van der Waals surface area contributed by atoms with Gasteiger partial charge in [-0.1, -0.05) is 27.2 Å². The predicted octanol–water partition coefficient (Wildman–Crippen LogP) is 2.72. The van der Waals surface area contributed by atoms with Gasteiger partial charge in [0.25, 0.3) is 0 Å². The van der Waals surface area contributed by atoms with Crippen LogP contribution in [-0.4, -0.2) is 25.0 Å². The molecule has 1 heterocycles. The summed E-state index contributed by atoms with van der Waals surface area (Å²) in [7, 11) is 0. The van der Waals surface area contributed by atoms with E-state index in [2.05, 4.69) is 25.9 Å². The number of ether oxygens (including phenoxy) is 1. The van der Waals surface area contributed by atoms with Gasteiger partial charge in [0.1, 0.15) is 12.4 Å². The lowest BCUT2D eigenvalue weighted by molar-refractivity contribution is 0.0470. The molecule has 0 aliphatic carbocycles. The van der Waals surface area contributed by atoms with Crippen LogP contribution in [0.2, 0.25) is 0 Å². The van der Waals surface area contributed by atoms with Gasteiger partial charge in [-0.3, -0.25) is 0 Å². The van der Waals surface area contributed by atoms with Crippen LogP contribution in [0.4, 0.5) is 0 Å². The van der Waals surface area contributed by atoms with E-state index in [0.29, 0.717) is 13.2 Å². The van der Waals surface area contributed by atoms with E-state index in [0.717, 1.165) is 22.4 Å². The Balaban J connectivity index is 1.77. The Labute approximate surface area is 113 Å². The maximum absolute atomic E-state index is 5.62. The van der Waals surface area contributed by atoms with E-state index < -0.39 is 0 Å². The van der Waals surface area contributed by atoms with Crippen LogP contribution in [0.15, 0.2) is 33.9 Å². The van der Waals surface area contributed by atoms with Gasteiger partial charge in [-0.05, 0) is 30.0 Å². The number of oxime groups is 1. The van der Waals surface area contributed by atoms with Gasteiger partial charge in [0, 0.05) is 10.9 Å². The SMILES string of the molecule is ClNCC1=NOC(COc2cccc(Br)c2)C1. The second-order valence-corrected chi connectivity index (χ2v) is 4.85. The van der Waals surface area contributed by atoms with E-state index in [1.54, 1.807) is 0 Å². The lowest BCUT2D eigenvalue weighted by Crippen LogP contribution is -2.20. The molecule has 0 saturated carbocycles. The molecule has 1 atom stereocenters. The molecule has 1 N–H and O–H groups in total. The van der Waals surface area contributed by atoms with Crippen LogP contribution in [0.25, 0.3) is 0 Å². The fourth-order valence-corrected chi connectivity index (χ4v) is 2.04. The summed E-state index contributed by atoms with van der Waals surface area (Å²) in [4.78, 5) is 7.75. The van der Waals surface area contributed by atoms with Crippen molar-refractivity contribution in [3.63, 3.8) is 0 Å². The lowest BCUT2D eigenvalue weighted by atomic mass is 10.2. The molecule has 92 valence electrons. The average Bonchev–Trinajstić information content (AvgIpc) is 2.75. The van der Waals surface area contributed by atoms with Gasteiger partial charge in [0.15, 0.2) is 6.10 Å². The van der Waals surface area contributed by atoms with Crippen molar-refractivity contribution in [2.24, 2.45) is 5.16 Å². The molecule has 0 spiro atoms. The van der Waals surface area contributed by atoms with Crippen molar-refractivity contribution >= 4 is 33.4 Å². The number of nitrogens with zero attached hydrogens (tertiary/aromatic N) is 1. The zero-order chi connectivity index (χ0) is 12.1. The van der Waals surface area contributed by atoms with E-state index in [4.69, 9.17) is 21.4 Å². The quantitative estimate of drug-likeness (QED) is 0.849. The van der Waals surface area contributed by atoms with Crippen LogP contribution in [0.3, 0.4) is 0 Å². The molecule has 1 aromatic carbocycles. The van der Waals surface area contributed by atoms with Crippen LogP contribution in [0.5, 0.6) is 5.75 Å². The minimum absolute atomic E-state index is 0.0333. The fraction of sp³-hybridized carbons (Fsp3) is 0.364. The van der Waals surface area contributed by atoms with Crippen LogP contribution >= 0.6 is 27.7 Å². The number of benzene rings is 1. The Kier molecular flexibility index (Phi) is 4.65. The molecule has 0 bridgehead atoms. The van der Waals surface area contributed by atoms with E-state index in [1.807, 2.05) is 24.3 Å². The van der Waals surface area contributed by atoms with Gasteiger partial charge in [0.05, 0.1) is 12.3 Å². The molecule has 1 aliphatic heterocycles. The molecule has 1 aliphatic rings. The molecular weight excluding hydrogens is 307 g/mol. The van der Waals surface area contributed by atoms with Crippen LogP contribution < -0.4 is 9.57 Å². The minimum Gasteiger partial charge on any atom is -0.490 e. The third-order valence-electron chi connectivity index (χ3n) is 2.30. The molecule has 0 saturated heterocycles. The monoisotopic (exact) mass is 318 g/mol. The van der Waals surface area contributed by atoms with Crippen molar-refractivity contribution < 1.29 is 9.57 Å². The van der Waals surface area contributed by atoms with Crippen molar-refractivity contribution in [1.82, 2.24) is 4.84 Å². The van der Waals surface area contributed by atoms with Gasteiger partial charge < -0.3 is 9.57 Å². The number of rotatable bonds is 5.